The summed E-state index contributed by atoms with van der Waals surface area (Å²) in [6.45, 7) is 2.00. The Hall–Kier alpha value is -3.20. The van der Waals surface area contributed by atoms with E-state index in [1.807, 2.05) is 6.92 Å². The predicted octanol–water partition coefficient (Wildman–Crippen LogP) is 2.20. The first kappa shape index (κ1) is 21.5. The summed E-state index contributed by atoms with van der Waals surface area (Å²) >= 11 is 1.59. The van der Waals surface area contributed by atoms with E-state index in [0.29, 0.717) is 17.9 Å². The Morgan fingerprint density at radius 2 is 1.93 bits per heavy atom. The average Bonchev–Trinajstić information content (AvgIpc) is 2.98. The van der Waals surface area contributed by atoms with E-state index < -0.39 is 29.7 Å². The molecule has 1 atom stereocenters. The van der Waals surface area contributed by atoms with E-state index in [1.165, 1.54) is 18.2 Å². The number of pyridine rings is 1. The Bertz CT molecular complexity index is 980. The maximum atomic E-state index is 12.7. The van der Waals surface area contributed by atoms with Gasteiger partial charge in [0.15, 0.2) is 0 Å². The fourth-order valence-corrected chi connectivity index (χ4v) is 3.76. The zero-order valence-electron chi connectivity index (χ0n) is 16.3. The minimum Gasteiger partial charge on any atom is -0.480 e. The van der Waals surface area contributed by atoms with Gasteiger partial charge in [0.25, 0.3) is 17.7 Å². The molecule has 1 unspecified atom stereocenters. The SMILES string of the molecule is CCSCCC(NC(=O)c1ccc2c(c1)C(=O)N(Cc1ccccn1)C2=O)C(=O)O. The van der Waals surface area contributed by atoms with Crippen LogP contribution < -0.4 is 5.32 Å². The molecule has 1 aliphatic rings. The number of nitrogens with zero attached hydrogens (tertiary/aromatic N) is 2. The molecule has 1 aromatic carbocycles. The molecular formula is C21H21N3O5S. The van der Waals surface area contributed by atoms with Gasteiger partial charge < -0.3 is 10.4 Å². The Kier molecular flexibility index (Phi) is 6.83. The number of thioether (sulfide) groups is 1. The lowest BCUT2D eigenvalue weighted by molar-refractivity contribution is -0.139. The van der Waals surface area contributed by atoms with Crippen LogP contribution in [0.1, 0.15) is 50.1 Å². The number of hydrogen-bond donors (Lipinski definition) is 2. The highest BCUT2D eigenvalue weighted by atomic mass is 32.2. The van der Waals surface area contributed by atoms with E-state index in [2.05, 4.69) is 10.3 Å². The summed E-state index contributed by atoms with van der Waals surface area (Å²) in [6, 6.07) is 8.37. The molecule has 1 aliphatic heterocycles. The lowest BCUT2D eigenvalue weighted by atomic mass is 10.0. The topological polar surface area (TPSA) is 117 Å². The van der Waals surface area contributed by atoms with Crippen LogP contribution in [0.3, 0.4) is 0 Å². The van der Waals surface area contributed by atoms with Gasteiger partial charge in [-0.2, -0.15) is 11.8 Å². The number of carbonyl (C=O) groups is 4. The number of aromatic nitrogens is 1. The van der Waals surface area contributed by atoms with Gasteiger partial charge in [-0.1, -0.05) is 13.0 Å². The average molecular weight is 427 g/mol. The number of rotatable bonds is 9. The van der Waals surface area contributed by atoms with Gasteiger partial charge in [0.05, 0.1) is 23.4 Å². The molecule has 0 saturated heterocycles. The van der Waals surface area contributed by atoms with E-state index in [-0.39, 0.29) is 23.2 Å². The van der Waals surface area contributed by atoms with Gasteiger partial charge in [0.1, 0.15) is 6.04 Å². The lowest BCUT2D eigenvalue weighted by Gasteiger charge is -2.14. The highest BCUT2D eigenvalue weighted by Gasteiger charge is 2.36. The summed E-state index contributed by atoms with van der Waals surface area (Å²) in [7, 11) is 0. The second-order valence-corrected chi connectivity index (χ2v) is 8.02. The third kappa shape index (κ3) is 4.68. The molecule has 2 N–H and O–H groups in total. The number of benzene rings is 1. The Morgan fingerprint density at radius 1 is 1.17 bits per heavy atom. The first-order chi connectivity index (χ1) is 14.4. The highest BCUT2D eigenvalue weighted by molar-refractivity contribution is 7.99. The van der Waals surface area contributed by atoms with Crippen molar-refractivity contribution in [3.63, 3.8) is 0 Å². The zero-order valence-corrected chi connectivity index (χ0v) is 17.1. The molecule has 2 heterocycles. The fraction of sp³-hybridized carbons (Fsp3) is 0.286. The van der Waals surface area contributed by atoms with Crippen LogP contribution >= 0.6 is 11.8 Å². The number of imide groups is 1. The molecule has 0 saturated carbocycles. The highest BCUT2D eigenvalue weighted by Crippen LogP contribution is 2.25. The number of nitrogens with one attached hydrogen (secondary N) is 1. The van der Waals surface area contributed by atoms with E-state index >= 15 is 0 Å². The van der Waals surface area contributed by atoms with Gasteiger partial charge >= 0.3 is 5.97 Å². The van der Waals surface area contributed by atoms with Crippen LogP contribution in [-0.2, 0) is 11.3 Å². The van der Waals surface area contributed by atoms with Crippen molar-refractivity contribution in [1.29, 1.82) is 0 Å². The van der Waals surface area contributed by atoms with Crippen LogP contribution in [0.2, 0.25) is 0 Å². The number of amides is 3. The molecule has 1 aromatic heterocycles. The molecule has 0 bridgehead atoms. The largest absolute Gasteiger partial charge is 0.480 e. The van der Waals surface area contributed by atoms with Crippen molar-refractivity contribution >= 4 is 35.5 Å². The van der Waals surface area contributed by atoms with E-state index in [9.17, 15) is 24.3 Å². The zero-order chi connectivity index (χ0) is 21.7. The number of carboxylic acids is 1. The molecule has 8 nitrogen and oxygen atoms in total. The summed E-state index contributed by atoms with van der Waals surface area (Å²) < 4.78 is 0. The van der Waals surface area contributed by atoms with Crippen LogP contribution in [0.4, 0.5) is 0 Å². The number of aliphatic carboxylic acids is 1. The Morgan fingerprint density at radius 3 is 2.60 bits per heavy atom. The summed E-state index contributed by atoms with van der Waals surface area (Å²) in [6.07, 6.45) is 1.87. The van der Waals surface area contributed by atoms with Crippen LogP contribution in [0.5, 0.6) is 0 Å². The van der Waals surface area contributed by atoms with Gasteiger partial charge in [-0.25, -0.2) is 4.79 Å². The van der Waals surface area contributed by atoms with Crippen molar-refractivity contribution in [3.8, 4) is 0 Å². The molecular weight excluding hydrogens is 406 g/mol. The van der Waals surface area contributed by atoms with Crippen molar-refractivity contribution in [2.24, 2.45) is 0 Å². The van der Waals surface area contributed by atoms with Gasteiger partial charge in [0.2, 0.25) is 0 Å². The normalized spacial score (nSPS) is 13.8. The standard InChI is InChI=1S/C21H21N3O5S/c1-2-30-10-8-17(21(28)29)23-18(25)13-6-7-15-16(11-13)20(27)24(19(15)26)12-14-5-3-4-9-22-14/h3-7,9,11,17H,2,8,10,12H2,1H3,(H,23,25)(H,28,29). The summed E-state index contributed by atoms with van der Waals surface area (Å²) in [5.74, 6) is -1.22. The number of fused-ring (bicyclic) bond motifs is 1. The van der Waals surface area contributed by atoms with Crippen molar-refractivity contribution < 1.29 is 24.3 Å². The van der Waals surface area contributed by atoms with Crippen molar-refractivity contribution in [3.05, 3.63) is 65.0 Å². The van der Waals surface area contributed by atoms with Crippen LogP contribution in [0, 0.1) is 0 Å². The molecule has 3 rings (SSSR count). The molecule has 2 aromatic rings. The molecule has 0 fully saturated rings. The number of carboxylic acid groups (broad SMARTS) is 1. The van der Waals surface area contributed by atoms with Crippen molar-refractivity contribution in [2.75, 3.05) is 11.5 Å². The van der Waals surface area contributed by atoms with Crippen molar-refractivity contribution in [2.45, 2.75) is 25.9 Å². The maximum absolute atomic E-state index is 12.7. The first-order valence-electron chi connectivity index (χ1n) is 9.44. The molecule has 30 heavy (non-hydrogen) atoms. The van der Waals surface area contributed by atoms with E-state index in [0.717, 1.165) is 10.7 Å². The van der Waals surface area contributed by atoms with Crippen LogP contribution in [0.15, 0.2) is 42.6 Å². The van der Waals surface area contributed by atoms with Gasteiger partial charge in [-0.05, 0) is 48.3 Å². The smallest absolute Gasteiger partial charge is 0.326 e. The minimum absolute atomic E-state index is 0.0326. The predicted molar refractivity (Wildman–Crippen MR) is 111 cm³/mol. The second-order valence-electron chi connectivity index (χ2n) is 6.63. The number of carbonyl (C=O) groups excluding carboxylic acids is 3. The van der Waals surface area contributed by atoms with Gasteiger partial charge in [-0.3, -0.25) is 24.3 Å². The molecule has 156 valence electrons. The van der Waals surface area contributed by atoms with Gasteiger partial charge in [-0.15, -0.1) is 0 Å². The Labute approximate surface area is 177 Å². The summed E-state index contributed by atoms with van der Waals surface area (Å²) in [5.41, 5.74) is 1.03. The third-order valence-corrected chi connectivity index (χ3v) is 5.57. The van der Waals surface area contributed by atoms with Gasteiger partial charge in [0, 0.05) is 11.8 Å². The van der Waals surface area contributed by atoms with Crippen LogP contribution in [0.25, 0.3) is 0 Å². The lowest BCUT2D eigenvalue weighted by Crippen LogP contribution is -2.41. The fourth-order valence-electron chi connectivity index (χ4n) is 3.07. The second kappa shape index (κ2) is 9.53. The molecule has 3 amide bonds. The molecule has 0 spiro atoms. The summed E-state index contributed by atoms with van der Waals surface area (Å²) in [5, 5.41) is 11.8. The molecule has 0 radical (unpaired) electrons. The van der Waals surface area contributed by atoms with Crippen molar-refractivity contribution in [1.82, 2.24) is 15.2 Å². The quantitative estimate of drug-likeness (QED) is 0.465. The van der Waals surface area contributed by atoms with Crippen LogP contribution in [-0.4, -0.2) is 56.2 Å². The maximum Gasteiger partial charge on any atom is 0.326 e. The molecule has 9 heteroatoms. The minimum atomic E-state index is -1.12. The van der Waals surface area contributed by atoms with E-state index in [4.69, 9.17) is 0 Å². The Balaban J connectivity index is 1.75. The summed E-state index contributed by atoms with van der Waals surface area (Å²) in [4.78, 5) is 54.5. The molecule has 0 aliphatic carbocycles. The number of hydrogen-bond acceptors (Lipinski definition) is 6. The first-order valence-corrected chi connectivity index (χ1v) is 10.6. The monoisotopic (exact) mass is 427 g/mol. The third-order valence-electron chi connectivity index (χ3n) is 4.64. The van der Waals surface area contributed by atoms with E-state index in [1.54, 1.807) is 36.2 Å².